The van der Waals surface area contributed by atoms with Gasteiger partial charge in [0.25, 0.3) is 0 Å². The van der Waals surface area contributed by atoms with Crippen molar-refractivity contribution in [2.24, 2.45) is 0 Å². The quantitative estimate of drug-likeness (QED) is 0.533. The molecule has 0 bridgehead atoms. The van der Waals surface area contributed by atoms with Crippen LogP contribution in [0.1, 0.15) is 38.5 Å². The van der Waals surface area contributed by atoms with Crippen LogP contribution in [0.2, 0.25) is 0 Å². The van der Waals surface area contributed by atoms with Crippen LogP contribution in [-0.2, 0) is 9.53 Å². The number of ether oxygens (including phenoxy) is 1. The maximum atomic E-state index is 11.5. The van der Waals surface area contributed by atoms with Gasteiger partial charge in [0.2, 0.25) is 5.91 Å². The second-order valence-corrected chi connectivity index (χ2v) is 4.52. The van der Waals surface area contributed by atoms with Crippen molar-refractivity contribution in [1.82, 2.24) is 5.32 Å². The third kappa shape index (κ3) is 5.71. The van der Waals surface area contributed by atoms with Crippen molar-refractivity contribution < 1.29 is 14.6 Å². The van der Waals surface area contributed by atoms with Gasteiger partial charge in [-0.3, -0.25) is 4.79 Å². The number of aliphatic hydroxyl groups is 1. The second kappa shape index (κ2) is 7.31. The van der Waals surface area contributed by atoms with Crippen molar-refractivity contribution in [1.29, 1.82) is 0 Å². The van der Waals surface area contributed by atoms with E-state index in [1.807, 2.05) is 0 Å². The average Bonchev–Trinajstić information content (AvgIpc) is 2.33. The Morgan fingerprint density at radius 1 is 1.41 bits per heavy atom. The Morgan fingerprint density at radius 3 is 2.76 bits per heavy atom. The van der Waals surface area contributed by atoms with Crippen molar-refractivity contribution in [3.8, 4) is 12.3 Å². The molecule has 1 aliphatic rings. The van der Waals surface area contributed by atoms with Crippen molar-refractivity contribution >= 4 is 5.91 Å². The van der Waals surface area contributed by atoms with Gasteiger partial charge in [-0.15, -0.1) is 12.3 Å². The fourth-order valence-electron chi connectivity index (χ4n) is 1.79. The molecule has 2 N–H and O–H groups in total. The molecule has 17 heavy (non-hydrogen) atoms. The average molecular weight is 239 g/mol. The first-order valence-electron chi connectivity index (χ1n) is 6.17. The Bertz CT molecular complexity index is 277. The molecule has 4 nitrogen and oxygen atoms in total. The van der Waals surface area contributed by atoms with Crippen LogP contribution in [0.15, 0.2) is 0 Å². The van der Waals surface area contributed by atoms with E-state index in [0.717, 1.165) is 12.8 Å². The maximum absolute atomic E-state index is 11.5. The highest BCUT2D eigenvalue weighted by Crippen LogP contribution is 2.19. The molecular formula is C13H21NO3. The standard InChI is InChI=1S/C13H21NO3/c1-2-3-4-5-6-12(15)14-11-13(16)7-9-17-10-8-13/h1,16H,3-11H2,(H,14,15). The zero-order valence-corrected chi connectivity index (χ0v) is 10.2. The number of amides is 1. The van der Waals surface area contributed by atoms with Gasteiger partial charge in [0.05, 0.1) is 5.60 Å². The van der Waals surface area contributed by atoms with E-state index < -0.39 is 5.60 Å². The van der Waals surface area contributed by atoms with Gasteiger partial charge >= 0.3 is 0 Å². The Balaban J connectivity index is 2.12. The first-order valence-corrected chi connectivity index (χ1v) is 6.17. The lowest BCUT2D eigenvalue weighted by molar-refractivity contribution is -0.124. The van der Waals surface area contributed by atoms with Gasteiger partial charge in [-0.1, -0.05) is 0 Å². The largest absolute Gasteiger partial charge is 0.388 e. The van der Waals surface area contributed by atoms with Crippen LogP contribution in [0.3, 0.4) is 0 Å². The van der Waals surface area contributed by atoms with Crippen LogP contribution >= 0.6 is 0 Å². The van der Waals surface area contributed by atoms with E-state index in [2.05, 4.69) is 11.2 Å². The first kappa shape index (κ1) is 14.0. The van der Waals surface area contributed by atoms with Crippen LogP contribution in [0.4, 0.5) is 0 Å². The number of nitrogens with one attached hydrogen (secondary N) is 1. The van der Waals surface area contributed by atoms with Crippen molar-refractivity contribution in [3.05, 3.63) is 0 Å². The van der Waals surface area contributed by atoms with Gasteiger partial charge in [-0.25, -0.2) is 0 Å². The molecule has 0 saturated carbocycles. The van der Waals surface area contributed by atoms with Gasteiger partial charge in [-0.2, -0.15) is 0 Å². The SMILES string of the molecule is C#CCCCCC(=O)NCC1(O)CCOCC1. The predicted octanol–water partition coefficient (Wildman–Crippen LogP) is 0.838. The molecule has 0 aliphatic carbocycles. The summed E-state index contributed by atoms with van der Waals surface area (Å²) in [7, 11) is 0. The number of hydrogen-bond acceptors (Lipinski definition) is 3. The molecule has 1 amide bonds. The van der Waals surface area contributed by atoms with Crippen LogP contribution in [0, 0.1) is 12.3 Å². The minimum absolute atomic E-state index is 0.0121. The zero-order valence-electron chi connectivity index (χ0n) is 10.2. The number of carbonyl (C=O) groups is 1. The van der Waals surface area contributed by atoms with E-state index in [-0.39, 0.29) is 5.91 Å². The monoisotopic (exact) mass is 239 g/mol. The molecule has 1 heterocycles. The molecule has 1 saturated heterocycles. The third-order valence-corrected chi connectivity index (χ3v) is 3.01. The van der Waals surface area contributed by atoms with Crippen molar-refractivity contribution in [2.45, 2.75) is 44.1 Å². The molecular weight excluding hydrogens is 218 g/mol. The molecule has 0 aromatic heterocycles. The highest BCUT2D eigenvalue weighted by Gasteiger charge is 2.29. The summed E-state index contributed by atoms with van der Waals surface area (Å²) in [4.78, 5) is 11.5. The van der Waals surface area contributed by atoms with Gasteiger partial charge in [0.15, 0.2) is 0 Å². The van der Waals surface area contributed by atoms with E-state index in [4.69, 9.17) is 11.2 Å². The van der Waals surface area contributed by atoms with Gasteiger partial charge in [0.1, 0.15) is 0 Å². The van der Waals surface area contributed by atoms with Crippen LogP contribution in [-0.4, -0.2) is 36.4 Å². The van der Waals surface area contributed by atoms with Crippen LogP contribution in [0.25, 0.3) is 0 Å². The lowest BCUT2D eigenvalue weighted by Crippen LogP contribution is -2.46. The lowest BCUT2D eigenvalue weighted by Gasteiger charge is -2.32. The number of hydrogen-bond donors (Lipinski definition) is 2. The highest BCUT2D eigenvalue weighted by molar-refractivity contribution is 5.75. The second-order valence-electron chi connectivity index (χ2n) is 4.52. The minimum atomic E-state index is -0.785. The third-order valence-electron chi connectivity index (χ3n) is 3.01. The number of unbranched alkanes of at least 4 members (excludes halogenated alkanes) is 2. The molecule has 0 radical (unpaired) electrons. The van der Waals surface area contributed by atoms with E-state index in [0.29, 0.717) is 45.4 Å². The van der Waals surface area contributed by atoms with Crippen LogP contribution in [0.5, 0.6) is 0 Å². The maximum Gasteiger partial charge on any atom is 0.220 e. The molecule has 96 valence electrons. The summed E-state index contributed by atoms with van der Waals surface area (Å²) in [6.07, 6.45) is 9.18. The summed E-state index contributed by atoms with van der Waals surface area (Å²) < 4.78 is 5.17. The molecule has 0 unspecified atom stereocenters. The molecule has 0 aromatic carbocycles. The normalized spacial score (nSPS) is 18.4. The fourth-order valence-corrected chi connectivity index (χ4v) is 1.79. The van der Waals surface area contributed by atoms with Gasteiger partial charge in [0, 0.05) is 45.4 Å². The minimum Gasteiger partial charge on any atom is -0.388 e. The van der Waals surface area contributed by atoms with E-state index >= 15 is 0 Å². The molecule has 1 aliphatic heterocycles. The smallest absolute Gasteiger partial charge is 0.220 e. The topological polar surface area (TPSA) is 58.6 Å². The molecule has 0 aromatic rings. The molecule has 0 atom stereocenters. The van der Waals surface area contributed by atoms with Crippen molar-refractivity contribution in [3.63, 3.8) is 0 Å². The number of carbonyl (C=O) groups excluding carboxylic acids is 1. The van der Waals surface area contributed by atoms with Gasteiger partial charge in [-0.05, 0) is 12.8 Å². The molecule has 1 rings (SSSR count). The summed E-state index contributed by atoms with van der Waals surface area (Å²) in [6.45, 7) is 1.45. The Hall–Kier alpha value is -1.05. The summed E-state index contributed by atoms with van der Waals surface area (Å²) in [6, 6.07) is 0. The summed E-state index contributed by atoms with van der Waals surface area (Å²) in [5.41, 5.74) is -0.785. The number of rotatable bonds is 6. The first-order chi connectivity index (χ1) is 8.16. The fraction of sp³-hybridized carbons (Fsp3) is 0.769. The van der Waals surface area contributed by atoms with Crippen molar-refractivity contribution in [2.75, 3.05) is 19.8 Å². The zero-order chi connectivity index (χ0) is 12.6. The Labute approximate surface area is 103 Å². The molecule has 0 spiro atoms. The molecule has 4 heteroatoms. The summed E-state index contributed by atoms with van der Waals surface area (Å²) >= 11 is 0. The predicted molar refractivity (Wildman–Crippen MR) is 65.3 cm³/mol. The van der Waals surface area contributed by atoms with Crippen LogP contribution < -0.4 is 5.32 Å². The number of terminal acetylenes is 1. The lowest BCUT2D eigenvalue weighted by atomic mass is 9.94. The molecule has 1 fully saturated rings. The summed E-state index contributed by atoms with van der Waals surface area (Å²) in [5, 5.41) is 12.9. The van der Waals surface area contributed by atoms with E-state index in [1.165, 1.54) is 0 Å². The van der Waals surface area contributed by atoms with E-state index in [1.54, 1.807) is 0 Å². The highest BCUT2D eigenvalue weighted by atomic mass is 16.5. The Kier molecular flexibility index (Phi) is 6.03. The van der Waals surface area contributed by atoms with Gasteiger partial charge < -0.3 is 15.2 Å². The Morgan fingerprint density at radius 2 is 2.12 bits per heavy atom. The summed E-state index contributed by atoms with van der Waals surface area (Å²) in [5.74, 6) is 2.53. The van der Waals surface area contributed by atoms with E-state index in [9.17, 15) is 9.90 Å².